The quantitative estimate of drug-likeness (QED) is 0.874. The van der Waals surface area contributed by atoms with Crippen LogP contribution in [-0.2, 0) is 11.3 Å². The number of carbonyl (C=O) groups excluding carboxylic acids is 1. The second-order valence-electron chi connectivity index (χ2n) is 4.59. The minimum absolute atomic E-state index is 0.299. The minimum atomic E-state index is -0.299. The Morgan fingerprint density at radius 3 is 2.39 bits per heavy atom. The summed E-state index contributed by atoms with van der Waals surface area (Å²) in [5, 5.41) is 0. The first-order valence-corrected chi connectivity index (χ1v) is 6.31. The van der Waals surface area contributed by atoms with Gasteiger partial charge in [0.1, 0.15) is 0 Å². The summed E-state index contributed by atoms with van der Waals surface area (Å²) >= 11 is 0. The van der Waals surface area contributed by atoms with E-state index in [-0.39, 0.29) is 6.09 Å². The van der Waals surface area contributed by atoms with Gasteiger partial charge in [0.25, 0.3) is 0 Å². The standard InChI is InChI=1S/C14H22N2O2/c1-4-16(14(17)18-10-11(2)3)13-7-5-12(9-15)6-8-13/h5-8,11H,4,9-10,15H2,1-3H3. The molecule has 0 aliphatic carbocycles. The first-order valence-electron chi connectivity index (χ1n) is 6.31. The zero-order chi connectivity index (χ0) is 13.5. The summed E-state index contributed by atoms with van der Waals surface area (Å²) in [6.07, 6.45) is -0.299. The van der Waals surface area contributed by atoms with Crippen molar-refractivity contribution in [2.24, 2.45) is 11.7 Å². The van der Waals surface area contributed by atoms with Gasteiger partial charge in [-0.25, -0.2) is 4.79 Å². The highest BCUT2D eigenvalue weighted by molar-refractivity contribution is 5.87. The molecule has 4 nitrogen and oxygen atoms in total. The van der Waals surface area contributed by atoms with Crippen LogP contribution in [0.2, 0.25) is 0 Å². The second-order valence-corrected chi connectivity index (χ2v) is 4.59. The average molecular weight is 250 g/mol. The van der Waals surface area contributed by atoms with E-state index < -0.39 is 0 Å². The van der Waals surface area contributed by atoms with E-state index in [1.165, 1.54) is 0 Å². The van der Waals surface area contributed by atoms with Gasteiger partial charge in [0, 0.05) is 18.8 Å². The van der Waals surface area contributed by atoms with Crippen molar-refractivity contribution in [1.82, 2.24) is 0 Å². The maximum absolute atomic E-state index is 11.9. The van der Waals surface area contributed by atoms with E-state index in [0.29, 0.717) is 25.6 Å². The van der Waals surface area contributed by atoms with Gasteiger partial charge >= 0.3 is 6.09 Å². The van der Waals surface area contributed by atoms with E-state index in [1.54, 1.807) is 4.90 Å². The molecule has 1 rings (SSSR count). The number of nitrogens with two attached hydrogens (primary N) is 1. The Morgan fingerprint density at radius 2 is 1.94 bits per heavy atom. The molecular formula is C14H22N2O2. The monoisotopic (exact) mass is 250 g/mol. The number of benzene rings is 1. The molecule has 4 heteroatoms. The van der Waals surface area contributed by atoms with E-state index in [9.17, 15) is 4.79 Å². The van der Waals surface area contributed by atoms with Crippen molar-refractivity contribution in [2.75, 3.05) is 18.1 Å². The summed E-state index contributed by atoms with van der Waals surface area (Å²) in [5.41, 5.74) is 7.43. The molecule has 0 aliphatic heterocycles. The lowest BCUT2D eigenvalue weighted by molar-refractivity contribution is 0.140. The number of hydrogen-bond donors (Lipinski definition) is 1. The Bertz CT molecular complexity index is 374. The van der Waals surface area contributed by atoms with Gasteiger partial charge in [-0.2, -0.15) is 0 Å². The molecule has 1 aromatic carbocycles. The number of rotatable bonds is 5. The number of nitrogens with zero attached hydrogens (tertiary/aromatic N) is 1. The molecule has 0 spiro atoms. The minimum Gasteiger partial charge on any atom is -0.449 e. The summed E-state index contributed by atoms with van der Waals surface area (Å²) < 4.78 is 5.23. The van der Waals surface area contributed by atoms with Crippen LogP contribution in [0.4, 0.5) is 10.5 Å². The topological polar surface area (TPSA) is 55.6 Å². The molecule has 18 heavy (non-hydrogen) atoms. The Kier molecular flexibility index (Phi) is 5.65. The Hall–Kier alpha value is -1.55. The molecule has 0 aromatic heterocycles. The largest absolute Gasteiger partial charge is 0.449 e. The third-order valence-electron chi connectivity index (χ3n) is 2.56. The molecule has 0 saturated carbocycles. The fourth-order valence-electron chi connectivity index (χ4n) is 1.54. The van der Waals surface area contributed by atoms with Gasteiger partial charge in [-0.3, -0.25) is 4.90 Å². The van der Waals surface area contributed by atoms with Gasteiger partial charge < -0.3 is 10.5 Å². The zero-order valence-corrected chi connectivity index (χ0v) is 11.3. The van der Waals surface area contributed by atoms with Crippen LogP contribution in [0, 0.1) is 5.92 Å². The third kappa shape index (κ3) is 4.04. The second kappa shape index (κ2) is 7.01. The van der Waals surface area contributed by atoms with Crippen molar-refractivity contribution >= 4 is 11.8 Å². The summed E-state index contributed by atoms with van der Waals surface area (Å²) in [5.74, 6) is 0.340. The average Bonchev–Trinajstić information content (AvgIpc) is 2.38. The van der Waals surface area contributed by atoms with Crippen LogP contribution < -0.4 is 10.6 Å². The lowest BCUT2D eigenvalue weighted by atomic mass is 10.2. The fraction of sp³-hybridized carbons (Fsp3) is 0.500. The van der Waals surface area contributed by atoms with Crippen LogP contribution in [0.1, 0.15) is 26.3 Å². The van der Waals surface area contributed by atoms with Crippen LogP contribution in [-0.4, -0.2) is 19.2 Å². The van der Waals surface area contributed by atoms with Gasteiger partial charge in [0.15, 0.2) is 0 Å². The van der Waals surface area contributed by atoms with Crippen molar-refractivity contribution in [1.29, 1.82) is 0 Å². The van der Waals surface area contributed by atoms with Gasteiger partial charge in [0.05, 0.1) is 6.61 Å². The first-order chi connectivity index (χ1) is 8.58. The predicted molar refractivity (Wildman–Crippen MR) is 73.5 cm³/mol. The van der Waals surface area contributed by atoms with Crippen LogP contribution in [0.3, 0.4) is 0 Å². The number of anilines is 1. The molecule has 0 bridgehead atoms. The Labute approximate surface area is 109 Å². The van der Waals surface area contributed by atoms with Gasteiger partial charge in [-0.15, -0.1) is 0 Å². The molecule has 1 amide bonds. The van der Waals surface area contributed by atoms with E-state index in [2.05, 4.69) is 0 Å². The third-order valence-corrected chi connectivity index (χ3v) is 2.56. The molecule has 0 heterocycles. The Balaban J connectivity index is 2.72. The number of ether oxygens (including phenoxy) is 1. The summed E-state index contributed by atoms with van der Waals surface area (Å²) in [6.45, 7) is 7.48. The zero-order valence-electron chi connectivity index (χ0n) is 11.3. The predicted octanol–water partition coefficient (Wildman–Crippen LogP) is 2.76. The van der Waals surface area contributed by atoms with E-state index in [4.69, 9.17) is 10.5 Å². The summed E-state index contributed by atoms with van der Waals surface area (Å²) in [4.78, 5) is 13.5. The highest BCUT2D eigenvalue weighted by Gasteiger charge is 2.15. The Morgan fingerprint density at radius 1 is 1.33 bits per heavy atom. The molecule has 100 valence electrons. The first kappa shape index (κ1) is 14.5. The summed E-state index contributed by atoms with van der Waals surface area (Å²) in [7, 11) is 0. The number of carbonyl (C=O) groups is 1. The highest BCUT2D eigenvalue weighted by Crippen LogP contribution is 2.16. The molecule has 1 aromatic rings. The molecule has 0 fully saturated rings. The smallest absolute Gasteiger partial charge is 0.414 e. The maximum Gasteiger partial charge on any atom is 0.414 e. The highest BCUT2D eigenvalue weighted by atomic mass is 16.6. The van der Waals surface area contributed by atoms with Crippen molar-refractivity contribution in [3.63, 3.8) is 0 Å². The van der Waals surface area contributed by atoms with Crippen LogP contribution >= 0.6 is 0 Å². The van der Waals surface area contributed by atoms with E-state index in [0.717, 1.165) is 11.3 Å². The molecule has 2 N–H and O–H groups in total. The van der Waals surface area contributed by atoms with E-state index >= 15 is 0 Å². The van der Waals surface area contributed by atoms with Crippen molar-refractivity contribution in [3.05, 3.63) is 29.8 Å². The van der Waals surface area contributed by atoms with E-state index in [1.807, 2.05) is 45.0 Å². The van der Waals surface area contributed by atoms with Gasteiger partial charge in [-0.1, -0.05) is 26.0 Å². The molecular weight excluding hydrogens is 228 g/mol. The van der Waals surface area contributed by atoms with Crippen molar-refractivity contribution in [2.45, 2.75) is 27.3 Å². The molecule has 0 radical (unpaired) electrons. The summed E-state index contributed by atoms with van der Waals surface area (Å²) in [6, 6.07) is 7.63. The van der Waals surface area contributed by atoms with Gasteiger partial charge in [0.2, 0.25) is 0 Å². The number of hydrogen-bond acceptors (Lipinski definition) is 3. The lowest BCUT2D eigenvalue weighted by Gasteiger charge is -2.21. The molecule has 0 atom stereocenters. The van der Waals surface area contributed by atoms with Crippen molar-refractivity contribution < 1.29 is 9.53 Å². The van der Waals surface area contributed by atoms with Crippen LogP contribution in [0.15, 0.2) is 24.3 Å². The van der Waals surface area contributed by atoms with Crippen molar-refractivity contribution in [3.8, 4) is 0 Å². The number of amides is 1. The molecule has 0 aliphatic rings. The van der Waals surface area contributed by atoms with Crippen LogP contribution in [0.5, 0.6) is 0 Å². The van der Waals surface area contributed by atoms with Gasteiger partial charge in [-0.05, 0) is 30.5 Å². The SMILES string of the molecule is CCN(C(=O)OCC(C)C)c1ccc(CN)cc1. The molecule has 0 unspecified atom stereocenters. The van der Waals surface area contributed by atoms with Crippen LogP contribution in [0.25, 0.3) is 0 Å². The normalized spacial score (nSPS) is 10.5. The maximum atomic E-state index is 11.9. The lowest BCUT2D eigenvalue weighted by Crippen LogP contribution is -2.32. The molecule has 0 saturated heterocycles. The fourth-order valence-corrected chi connectivity index (χ4v) is 1.54.